The molecule has 15 heavy (non-hydrogen) atoms. The van der Waals surface area contributed by atoms with Crippen LogP contribution in [0.15, 0.2) is 18.2 Å². The van der Waals surface area contributed by atoms with E-state index >= 15 is 0 Å². The lowest BCUT2D eigenvalue weighted by Crippen LogP contribution is -2.16. The van der Waals surface area contributed by atoms with E-state index in [-0.39, 0.29) is 12.5 Å². The smallest absolute Gasteiger partial charge is 0.325 e. The molecule has 4 heteroatoms. The topological polar surface area (TPSA) is 38.3 Å². The van der Waals surface area contributed by atoms with Gasteiger partial charge in [-0.1, -0.05) is 6.07 Å². The molecule has 1 aromatic rings. The van der Waals surface area contributed by atoms with Gasteiger partial charge in [-0.05, 0) is 54.1 Å². The van der Waals surface area contributed by atoms with Crippen LogP contribution in [0.1, 0.15) is 12.5 Å². The number of ether oxygens (including phenoxy) is 1. The van der Waals surface area contributed by atoms with Crippen molar-refractivity contribution in [3.8, 4) is 0 Å². The first-order valence-electron chi connectivity index (χ1n) is 4.79. The minimum atomic E-state index is -0.229. The van der Waals surface area contributed by atoms with Gasteiger partial charge in [-0.15, -0.1) is 0 Å². The lowest BCUT2D eigenvalue weighted by molar-refractivity contribution is -0.140. The summed E-state index contributed by atoms with van der Waals surface area (Å²) in [6.45, 7) is 4.49. The molecule has 0 bridgehead atoms. The molecule has 1 N–H and O–H groups in total. The second-order valence-electron chi connectivity index (χ2n) is 3.12. The third kappa shape index (κ3) is 4.07. The average Bonchev–Trinajstić information content (AvgIpc) is 2.20. The molecule has 0 spiro atoms. The maximum absolute atomic E-state index is 11.1. The van der Waals surface area contributed by atoms with Crippen LogP contribution in [-0.4, -0.2) is 19.1 Å². The highest BCUT2D eigenvalue weighted by Gasteiger charge is 2.02. The fourth-order valence-electron chi connectivity index (χ4n) is 1.09. The predicted octanol–water partition coefficient (Wildman–Crippen LogP) is 2.57. The van der Waals surface area contributed by atoms with E-state index in [4.69, 9.17) is 4.74 Å². The zero-order valence-electron chi connectivity index (χ0n) is 8.84. The molecule has 0 aromatic heterocycles. The van der Waals surface area contributed by atoms with Crippen molar-refractivity contribution in [1.29, 1.82) is 0 Å². The molecule has 0 atom stereocenters. The Morgan fingerprint density at radius 2 is 2.27 bits per heavy atom. The number of esters is 1. The number of anilines is 1. The zero-order chi connectivity index (χ0) is 11.3. The van der Waals surface area contributed by atoms with Crippen LogP contribution in [0, 0.1) is 10.5 Å². The molecule has 0 amide bonds. The molecule has 0 heterocycles. The Labute approximate surface area is 103 Å². The van der Waals surface area contributed by atoms with Gasteiger partial charge in [0.25, 0.3) is 0 Å². The third-order valence-corrected chi connectivity index (χ3v) is 3.08. The van der Waals surface area contributed by atoms with Crippen molar-refractivity contribution in [2.45, 2.75) is 13.8 Å². The molecule has 0 saturated carbocycles. The number of rotatable bonds is 4. The summed E-state index contributed by atoms with van der Waals surface area (Å²) < 4.78 is 6.00. The highest BCUT2D eigenvalue weighted by atomic mass is 127. The van der Waals surface area contributed by atoms with Gasteiger partial charge in [0, 0.05) is 9.26 Å². The molecule has 82 valence electrons. The predicted molar refractivity (Wildman–Crippen MR) is 69.0 cm³/mol. The Kier molecular flexibility index (Phi) is 4.87. The normalized spacial score (nSPS) is 9.80. The summed E-state index contributed by atoms with van der Waals surface area (Å²) >= 11 is 2.27. The first-order chi connectivity index (χ1) is 7.13. The summed E-state index contributed by atoms with van der Waals surface area (Å²) in [5.74, 6) is -0.229. The molecule has 0 fully saturated rings. The van der Waals surface area contributed by atoms with Crippen LogP contribution in [0.4, 0.5) is 5.69 Å². The largest absolute Gasteiger partial charge is 0.465 e. The second-order valence-corrected chi connectivity index (χ2v) is 4.28. The van der Waals surface area contributed by atoms with E-state index in [1.54, 1.807) is 6.92 Å². The number of aryl methyl sites for hydroxylation is 1. The number of carbonyl (C=O) groups is 1. The molecule has 0 aliphatic heterocycles. The molecular formula is C11H14INO2. The summed E-state index contributed by atoms with van der Waals surface area (Å²) in [4.78, 5) is 11.1. The number of benzene rings is 1. The maximum Gasteiger partial charge on any atom is 0.325 e. The van der Waals surface area contributed by atoms with Crippen molar-refractivity contribution < 1.29 is 9.53 Å². The summed E-state index contributed by atoms with van der Waals surface area (Å²) in [6, 6.07) is 5.99. The number of hydrogen-bond acceptors (Lipinski definition) is 3. The van der Waals surface area contributed by atoms with Crippen LogP contribution < -0.4 is 5.32 Å². The zero-order valence-corrected chi connectivity index (χ0v) is 11.0. The molecule has 1 rings (SSSR count). The van der Waals surface area contributed by atoms with E-state index in [2.05, 4.69) is 34.8 Å². The van der Waals surface area contributed by atoms with Gasteiger partial charge < -0.3 is 10.1 Å². The number of halogens is 1. The standard InChI is InChI=1S/C11H14INO2/c1-3-15-11(14)7-13-9-5-4-8(2)10(12)6-9/h4-6,13H,3,7H2,1-2H3. The van der Waals surface area contributed by atoms with Crippen LogP contribution >= 0.6 is 22.6 Å². The van der Waals surface area contributed by atoms with E-state index < -0.39 is 0 Å². The van der Waals surface area contributed by atoms with Gasteiger partial charge in [0.15, 0.2) is 0 Å². The summed E-state index contributed by atoms with van der Waals surface area (Å²) in [5.41, 5.74) is 2.18. The van der Waals surface area contributed by atoms with Crippen molar-refractivity contribution in [2.24, 2.45) is 0 Å². The van der Waals surface area contributed by atoms with Gasteiger partial charge in [0.1, 0.15) is 6.54 Å². The van der Waals surface area contributed by atoms with Crippen LogP contribution in [0.25, 0.3) is 0 Å². The molecule has 0 radical (unpaired) electrons. The van der Waals surface area contributed by atoms with Crippen LogP contribution in [-0.2, 0) is 9.53 Å². The van der Waals surface area contributed by atoms with Crippen molar-refractivity contribution in [3.05, 3.63) is 27.3 Å². The average molecular weight is 319 g/mol. The van der Waals surface area contributed by atoms with Crippen molar-refractivity contribution in [2.75, 3.05) is 18.5 Å². The number of carbonyl (C=O) groups excluding carboxylic acids is 1. The monoisotopic (exact) mass is 319 g/mol. The first-order valence-corrected chi connectivity index (χ1v) is 5.87. The molecule has 1 aromatic carbocycles. The molecule has 3 nitrogen and oxygen atoms in total. The minimum Gasteiger partial charge on any atom is -0.465 e. The Bertz CT molecular complexity index is 352. The van der Waals surface area contributed by atoms with Crippen molar-refractivity contribution in [3.63, 3.8) is 0 Å². The molecule has 0 unspecified atom stereocenters. The number of hydrogen-bond donors (Lipinski definition) is 1. The number of nitrogens with one attached hydrogen (secondary N) is 1. The van der Waals surface area contributed by atoms with E-state index in [9.17, 15) is 4.79 Å². The first kappa shape index (κ1) is 12.3. The van der Waals surface area contributed by atoms with Gasteiger partial charge in [-0.2, -0.15) is 0 Å². The van der Waals surface area contributed by atoms with Gasteiger partial charge in [0.05, 0.1) is 6.61 Å². The summed E-state index contributed by atoms with van der Waals surface area (Å²) in [6.07, 6.45) is 0. The van der Waals surface area contributed by atoms with Crippen LogP contribution in [0.2, 0.25) is 0 Å². The van der Waals surface area contributed by atoms with Gasteiger partial charge in [0.2, 0.25) is 0 Å². The quantitative estimate of drug-likeness (QED) is 0.685. The Balaban J connectivity index is 2.51. The third-order valence-electron chi connectivity index (χ3n) is 1.91. The van der Waals surface area contributed by atoms with E-state index in [1.165, 1.54) is 9.13 Å². The second kappa shape index (κ2) is 5.95. The lowest BCUT2D eigenvalue weighted by Gasteiger charge is -2.07. The maximum atomic E-state index is 11.1. The van der Waals surface area contributed by atoms with E-state index in [0.29, 0.717) is 6.61 Å². The Hall–Kier alpha value is -0.780. The highest BCUT2D eigenvalue weighted by molar-refractivity contribution is 14.1. The van der Waals surface area contributed by atoms with Crippen molar-refractivity contribution >= 4 is 34.2 Å². The Morgan fingerprint density at radius 1 is 1.53 bits per heavy atom. The van der Waals surface area contributed by atoms with E-state index in [0.717, 1.165) is 5.69 Å². The Morgan fingerprint density at radius 3 is 2.87 bits per heavy atom. The van der Waals surface area contributed by atoms with Crippen molar-refractivity contribution in [1.82, 2.24) is 0 Å². The molecule has 0 aliphatic rings. The molecular weight excluding hydrogens is 305 g/mol. The molecule has 0 aliphatic carbocycles. The van der Waals surface area contributed by atoms with Gasteiger partial charge in [-0.3, -0.25) is 4.79 Å². The van der Waals surface area contributed by atoms with E-state index in [1.807, 2.05) is 18.2 Å². The minimum absolute atomic E-state index is 0.215. The fraction of sp³-hybridized carbons (Fsp3) is 0.364. The summed E-state index contributed by atoms with van der Waals surface area (Å²) in [5, 5.41) is 3.02. The molecule has 0 saturated heterocycles. The van der Waals surface area contributed by atoms with Crippen LogP contribution in [0.5, 0.6) is 0 Å². The highest BCUT2D eigenvalue weighted by Crippen LogP contribution is 2.16. The van der Waals surface area contributed by atoms with Crippen LogP contribution in [0.3, 0.4) is 0 Å². The fourth-order valence-corrected chi connectivity index (χ4v) is 1.60. The summed E-state index contributed by atoms with van der Waals surface area (Å²) in [7, 11) is 0. The SMILES string of the molecule is CCOC(=O)CNc1ccc(C)c(I)c1. The van der Waals surface area contributed by atoms with Gasteiger partial charge in [-0.25, -0.2) is 0 Å². The van der Waals surface area contributed by atoms with Gasteiger partial charge >= 0.3 is 5.97 Å². The lowest BCUT2D eigenvalue weighted by atomic mass is 10.2.